The summed E-state index contributed by atoms with van der Waals surface area (Å²) in [5.74, 6) is 1.59. The van der Waals surface area contributed by atoms with Crippen molar-refractivity contribution in [3.63, 3.8) is 0 Å². The van der Waals surface area contributed by atoms with Crippen molar-refractivity contribution < 1.29 is 4.74 Å². The van der Waals surface area contributed by atoms with Crippen LogP contribution in [0, 0.1) is 20.8 Å². The molecule has 1 fully saturated rings. The van der Waals surface area contributed by atoms with E-state index < -0.39 is 0 Å². The Hall–Kier alpha value is -4.94. The highest BCUT2D eigenvalue weighted by Crippen LogP contribution is 2.44. The molecule has 0 bridgehead atoms. The van der Waals surface area contributed by atoms with Crippen LogP contribution >= 0.6 is 12.2 Å². The summed E-state index contributed by atoms with van der Waals surface area (Å²) in [7, 11) is 0. The second kappa shape index (κ2) is 11.0. The van der Waals surface area contributed by atoms with Crippen LogP contribution in [0.3, 0.4) is 0 Å². The van der Waals surface area contributed by atoms with Gasteiger partial charge in [0.05, 0.1) is 23.5 Å². The zero-order chi connectivity index (χ0) is 29.5. The molecule has 4 aromatic carbocycles. The second-order valence-electron chi connectivity index (χ2n) is 11.1. The Morgan fingerprint density at radius 1 is 0.767 bits per heavy atom. The van der Waals surface area contributed by atoms with Crippen molar-refractivity contribution in [2.24, 2.45) is 0 Å². The SMILES string of the molecule is Cc1ccc(Oc2ccc(N3C(=S)NC(c4ccccn4)C3c3cc(C)n(-c4cccc5ccccc45)c3C)cc2)cc1. The average Bonchev–Trinajstić information content (AvgIpc) is 3.53. The fourth-order valence-corrected chi connectivity index (χ4v) is 6.57. The van der Waals surface area contributed by atoms with Gasteiger partial charge in [0.1, 0.15) is 11.5 Å². The maximum absolute atomic E-state index is 6.12. The molecule has 6 heteroatoms. The summed E-state index contributed by atoms with van der Waals surface area (Å²) < 4.78 is 8.49. The number of fused-ring (bicyclic) bond motifs is 1. The van der Waals surface area contributed by atoms with E-state index in [4.69, 9.17) is 21.9 Å². The molecule has 5 nitrogen and oxygen atoms in total. The molecule has 1 aliphatic heterocycles. The summed E-state index contributed by atoms with van der Waals surface area (Å²) in [6, 6.07) is 39.4. The minimum Gasteiger partial charge on any atom is -0.457 e. The van der Waals surface area contributed by atoms with Gasteiger partial charge in [-0.2, -0.15) is 0 Å². The lowest BCUT2D eigenvalue weighted by Gasteiger charge is -2.28. The number of nitrogens with zero attached hydrogens (tertiary/aromatic N) is 3. The highest BCUT2D eigenvalue weighted by Gasteiger charge is 2.42. The van der Waals surface area contributed by atoms with E-state index in [1.807, 2.05) is 42.6 Å². The molecule has 0 aliphatic carbocycles. The lowest BCUT2D eigenvalue weighted by Crippen LogP contribution is -2.29. The maximum atomic E-state index is 6.12. The maximum Gasteiger partial charge on any atom is 0.174 e. The topological polar surface area (TPSA) is 42.3 Å². The molecule has 212 valence electrons. The number of thiocarbonyl (C=S) groups is 1. The average molecular weight is 581 g/mol. The molecule has 1 N–H and O–H groups in total. The minimum absolute atomic E-state index is 0.110. The van der Waals surface area contributed by atoms with Gasteiger partial charge in [-0.05, 0) is 105 Å². The molecule has 2 unspecified atom stereocenters. The Balaban J connectivity index is 1.31. The molecular weight excluding hydrogens is 549 g/mol. The van der Waals surface area contributed by atoms with Gasteiger partial charge in [-0.1, -0.05) is 60.2 Å². The standard InChI is InChI=1S/C37H32N4OS/c1-24-14-18-29(19-15-24)42-30-20-16-28(17-21-30)41-36(35(39-37(41)43)33-12-6-7-22-38-33)32-23-25(2)40(26(32)3)34-13-8-10-27-9-4-5-11-31(27)34/h4-23,35-36H,1-3H3,(H,39,43). The Morgan fingerprint density at radius 2 is 1.47 bits per heavy atom. The first-order valence-electron chi connectivity index (χ1n) is 14.5. The van der Waals surface area contributed by atoms with Gasteiger partial charge in [0.15, 0.2) is 5.11 Å². The number of hydrogen-bond acceptors (Lipinski definition) is 3. The van der Waals surface area contributed by atoms with Crippen LogP contribution in [-0.2, 0) is 0 Å². The van der Waals surface area contributed by atoms with E-state index in [0.717, 1.165) is 22.9 Å². The molecule has 7 rings (SSSR count). The summed E-state index contributed by atoms with van der Waals surface area (Å²) in [6.45, 7) is 6.45. The number of aromatic nitrogens is 2. The fraction of sp³-hybridized carbons (Fsp3) is 0.135. The predicted molar refractivity (Wildman–Crippen MR) is 178 cm³/mol. The number of hydrogen-bond donors (Lipinski definition) is 1. The Bertz CT molecular complexity index is 1930. The van der Waals surface area contributed by atoms with E-state index in [9.17, 15) is 0 Å². The van der Waals surface area contributed by atoms with Crippen LogP contribution in [0.1, 0.15) is 40.3 Å². The Kier molecular flexibility index (Phi) is 6.92. The number of ether oxygens (including phenoxy) is 1. The largest absolute Gasteiger partial charge is 0.457 e. The van der Waals surface area contributed by atoms with Crippen LogP contribution in [0.5, 0.6) is 11.5 Å². The fourth-order valence-electron chi connectivity index (χ4n) is 6.23. The van der Waals surface area contributed by atoms with E-state index in [1.54, 1.807) is 0 Å². The van der Waals surface area contributed by atoms with Gasteiger partial charge in [0.2, 0.25) is 0 Å². The molecule has 2 atom stereocenters. The summed E-state index contributed by atoms with van der Waals surface area (Å²) in [6.07, 6.45) is 1.84. The number of pyridine rings is 1. The summed E-state index contributed by atoms with van der Waals surface area (Å²) >= 11 is 6.02. The molecule has 6 aromatic rings. The third kappa shape index (κ3) is 4.94. The number of aryl methyl sites for hydroxylation is 2. The van der Waals surface area contributed by atoms with Crippen molar-refractivity contribution in [1.29, 1.82) is 0 Å². The molecule has 3 heterocycles. The quantitative estimate of drug-likeness (QED) is 0.199. The molecule has 1 aliphatic rings. The highest BCUT2D eigenvalue weighted by atomic mass is 32.1. The molecule has 0 radical (unpaired) electrons. The summed E-state index contributed by atoms with van der Waals surface area (Å²) in [5, 5.41) is 6.72. The van der Waals surface area contributed by atoms with Crippen molar-refractivity contribution in [2.45, 2.75) is 32.9 Å². The van der Waals surface area contributed by atoms with Crippen LogP contribution in [0.4, 0.5) is 5.69 Å². The van der Waals surface area contributed by atoms with Crippen LogP contribution in [0.25, 0.3) is 16.5 Å². The van der Waals surface area contributed by atoms with Gasteiger partial charge in [0, 0.05) is 28.7 Å². The molecule has 43 heavy (non-hydrogen) atoms. The molecule has 1 saturated heterocycles. The summed E-state index contributed by atoms with van der Waals surface area (Å²) in [5.41, 5.74) is 7.86. The van der Waals surface area contributed by atoms with E-state index in [-0.39, 0.29) is 12.1 Å². The smallest absolute Gasteiger partial charge is 0.174 e. The zero-order valence-corrected chi connectivity index (χ0v) is 25.2. The molecule has 0 spiro atoms. The van der Waals surface area contributed by atoms with Gasteiger partial charge < -0.3 is 19.5 Å². The van der Waals surface area contributed by atoms with Crippen molar-refractivity contribution in [2.75, 3.05) is 4.90 Å². The predicted octanol–water partition coefficient (Wildman–Crippen LogP) is 8.92. The first kappa shape index (κ1) is 26.9. The minimum atomic E-state index is -0.126. The number of nitrogens with one attached hydrogen (secondary N) is 1. The molecule has 0 saturated carbocycles. The van der Waals surface area contributed by atoms with Gasteiger partial charge in [0.25, 0.3) is 0 Å². The van der Waals surface area contributed by atoms with Gasteiger partial charge in [-0.3, -0.25) is 4.98 Å². The highest BCUT2D eigenvalue weighted by molar-refractivity contribution is 7.80. The number of benzene rings is 4. The van der Waals surface area contributed by atoms with E-state index in [1.165, 1.54) is 39.0 Å². The third-order valence-corrected chi connectivity index (χ3v) is 8.58. The normalized spacial score (nSPS) is 16.4. The van der Waals surface area contributed by atoms with Crippen LogP contribution in [0.2, 0.25) is 0 Å². The van der Waals surface area contributed by atoms with E-state index in [2.05, 4.69) is 114 Å². The van der Waals surface area contributed by atoms with Crippen LogP contribution in [0.15, 0.2) is 121 Å². The second-order valence-corrected chi connectivity index (χ2v) is 11.5. The molecule has 2 aromatic heterocycles. The first-order valence-corrected chi connectivity index (χ1v) is 14.9. The Labute approximate surface area is 257 Å². The van der Waals surface area contributed by atoms with Crippen molar-refractivity contribution in [3.05, 3.63) is 150 Å². The lowest BCUT2D eigenvalue weighted by atomic mass is 9.96. The number of anilines is 1. The van der Waals surface area contributed by atoms with Crippen molar-refractivity contribution in [3.8, 4) is 17.2 Å². The monoisotopic (exact) mass is 580 g/mol. The number of rotatable bonds is 6. The van der Waals surface area contributed by atoms with Crippen molar-refractivity contribution in [1.82, 2.24) is 14.9 Å². The first-order chi connectivity index (χ1) is 21.0. The molecular formula is C37H32N4OS. The van der Waals surface area contributed by atoms with Gasteiger partial charge >= 0.3 is 0 Å². The Morgan fingerprint density at radius 3 is 2.21 bits per heavy atom. The van der Waals surface area contributed by atoms with E-state index >= 15 is 0 Å². The lowest BCUT2D eigenvalue weighted by molar-refractivity contribution is 0.482. The van der Waals surface area contributed by atoms with E-state index in [0.29, 0.717) is 5.11 Å². The third-order valence-electron chi connectivity index (χ3n) is 8.27. The summed E-state index contributed by atoms with van der Waals surface area (Å²) in [4.78, 5) is 6.97. The van der Waals surface area contributed by atoms with Gasteiger partial charge in [-0.15, -0.1) is 0 Å². The van der Waals surface area contributed by atoms with Gasteiger partial charge in [-0.25, -0.2) is 0 Å². The van der Waals surface area contributed by atoms with Crippen molar-refractivity contribution >= 4 is 33.8 Å². The molecule has 0 amide bonds. The van der Waals surface area contributed by atoms with Crippen LogP contribution in [-0.4, -0.2) is 14.7 Å². The zero-order valence-electron chi connectivity index (χ0n) is 24.4. The van der Waals surface area contributed by atoms with Crippen LogP contribution < -0.4 is 15.0 Å².